The fourth-order valence-corrected chi connectivity index (χ4v) is 1.83. The quantitative estimate of drug-likeness (QED) is 0.554. The molecule has 1 atom stereocenters. The van der Waals surface area contributed by atoms with E-state index in [2.05, 4.69) is 4.18 Å². The summed E-state index contributed by atoms with van der Waals surface area (Å²) in [5, 5.41) is 0. The number of allylic oxidation sites excluding steroid dienone is 2. The third-order valence-electron chi connectivity index (χ3n) is 2.08. The smallest absolute Gasteiger partial charge is 0.381 e. The van der Waals surface area contributed by atoms with Gasteiger partial charge in [-0.1, -0.05) is 6.92 Å². The highest BCUT2D eigenvalue weighted by molar-refractivity contribution is 7.87. The molecule has 7 heteroatoms. The molecule has 3 nitrogen and oxygen atoms in total. The van der Waals surface area contributed by atoms with Gasteiger partial charge in [-0.2, -0.15) is 21.6 Å². The molecule has 15 heavy (non-hydrogen) atoms. The molecule has 0 aromatic carbocycles. The molecule has 0 fully saturated rings. The first-order valence-corrected chi connectivity index (χ1v) is 5.83. The van der Waals surface area contributed by atoms with E-state index in [1.165, 1.54) is 6.08 Å². The van der Waals surface area contributed by atoms with E-state index >= 15 is 0 Å². The van der Waals surface area contributed by atoms with E-state index in [9.17, 15) is 21.6 Å². The van der Waals surface area contributed by atoms with Crippen molar-refractivity contribution in [2.45, 2.75) is 31.7 Å². The lowest BCUT2D eigenvalue weighted by Crippen LogP contribution is -2.26. The molecule has 0 N–H and O–H groups in total. The summed E-state index contributed by atoms with van der Waals surface area (Å²) in [5.41, 5.74) is -5.35. The molecule has 1 rings (SSSR count). The third-order valence-corrected chi connectivity index (χ3v) is 3.08. The first kappa shape index (κ1) is 12.4. The van der Waals surface area contributed by atoms with Crippen LogP contribution in [0.1, 0.15) is 26.2 Å². The van der Waals surface area contributed by atoms with Crippen LogP contribution in [0.25, 0.3) is 0 Å². The lowest BCUT2D eigenvalue weighted by Gasteiger charge is -2.19. The van der Waals surface area contributed by atoms with Gasteiger partial charge in [0.2, 0.25) is 0 Å². The molecule has 1 aliphatic carbocycles. The molecule has 0 amide bonds. The van der Waals surface area contributed by atoms with Crippen LogP contribution in [0.4, 0.5) is 13.2 Å². The van der Waals surface area contributed by atoms with Gasteiger partial charge in [-0.3, -0.25) is 0 Å². The highest BCUT2D eigenvalue weighted by Crippen LogP contribution is 2.31. The molecular formula is C8H11F3O3S. The minimum atomic E-state index is -5.49. The lowest BCUT2D eigenvalue weighted by molar-refractivity contribution is -0.0525. The molecule has 0 aromatic heterocycles. The summed E-state index contributed by atoms with van der Waals surface area (Å²) in [5.74, 6) is 0.0412. The zero-order valence-electron chi connectivity index (χ0n) is 8.04. The van der Waals surface area contributed by atoms with Crippen LogP contribution < -0.4 is 0 Å². The minimum absolute atomic E-state index is 0.105. The molecule has 88 valence electrons. The Hall–Kier alpha value is -0.720. The number of alkyl halides is 3. The van der Waals surface area contributed by atoms with Gasteiger partial charge in [0.15, 0.2) is 0 Å². The minimum Gasteiger partial charge on any atom is -0.381 e. The lowest BCUT2D eigenvalue weighted by atomic mass is 9.95. The predicted octanol–water partition coefficient (Wildman–Crippen LogP) is 2.56. The summed E-state index contributed by atoms with van der Waals surface area (Å²) >= 11 is 0. The third kappa shape index (κ3) is 3.12. The summed E-state index contributed by atoms with van der Waals surface area (Å²) in [6, 6.07) is 0. The average Bonchev–Trinajstić information content (AvgIpc) is 2.00. The first-order valence-electron chi connectivity index (χ1n) is 4.42. The average molecular weight is 244 g/mol. The Labute approximate surface area is 86.0 Å². The van der Waals surface area contributed by atoms with Gasteiger partial charge in [0.05, 0.1) is 0 Å². The summed E-state index contributed by atoms with van der Waals surface area (Å²) in [4.78, 5) is 0. The molecule has 1 aliphatic rings. The Balaban J connectivity index is 2.75. The van der Waals surface area contributed by atoms with Crippen molar-refractivity contribution < 1.29 is 25.8 Å². The highest BCUT2D eigenvalue weighted by atomic mass is 32.2. The fraction of sp³-hybridized carbons (Fsp3) is 0.750. The van der Waals surface area contributed by atoms with E-state index in [-0.39, 0.29) is 18.1 Å². The first-order chi connectivity index (χ1) is 6.72. The second-order valence-electron chi connectivity index (χ2n) is 3.54. The van der Waals surface area contributed by atoms with Gasteiger partial charge in [-0.05, 0) is 24.8 Å². The molecule has 0 radical (unpaired) electrons. The van der Waals surface area contributed by atoms with Crippen LogP contribution in [0.3, 0.4) is 0 Å². The topological polar surface area (TPSA) is 43.4 Å². The molecule has 0 saturated heterocycles. The van der Waals surface area contributed by atoms with E-state index in [4.69, 9.17) is 0 Å². The maximum absolute atomic E-state index is 11.9. The Bertz CT molecular complexity index is 356. The normalized spacial score (nSPS) is 23.5. The van der Waals surface area contributed by atoms with E-state index in [0.717, 1.165) is 6.42 Å². The maximum Gasteiger partial charge on any atom is 0.534 e. The fourth-order valence-electron chi connectivity index (χ4n) is 1.31. The molecular weight excluding hydrogens is 233 g/mol. The van der Waals surface area contributed by atoms with Crippen molar-refractivity contribution in [1.82, 2.24) is 0 Å². The predicted molar refractivity (Wildman–Crippen MR) is 47.2 cm³/mol. The Morgan fingerprint density at radius 2 is 2.07 bits per heavy atom. The second-order valence-corrected chi connectivity index (χ2v) is 5.08. The van der Waals surface area contributed by atoms with Crippen LogP contribution in [0.5, 0.6) is 0 Å². The largest absolute Gasteiger partial charge is 0.534 e. The van der Waals surface area contributed by atoms with Crippen molar-refractivity contribution in [2.75, 3.05) is 0 Å². The van der Waals surface area contributed by atoms with E-state index in [1.807, 2.05) is 6.92 Å². The summed E-state index contributed by atoms with van der Waals surface area (Å²) in [7, 11) is -5.49. The van der Waals surface area contributed by atoms with Gasteiger partial charge in [0.1, 0.15) is 5.76 Å². The van der Waals surface area contributed by atoms with Crippen LogP contribution in [0.15, 0.2) is 11.8 Å². The van der Waals surface area contributed by atoms with Crippen LogP contribution in [0, 0.1) is 5.92 Å². The standard InChI is InChI=1S/C8H11F3O3S/c1-6-3-2-4-7(5-6)14-15(12,13)8(9,10)11/h4,6H,2-3,5H2,1H3/t6-/m1/s1. The van der Waals surface area contributed by atoms with Gasteiger partial charge < -0.3 is 4.18 Å². The second kappa shape index (κ2) is 4.03. The van der Waals surface area contributed by atoms with E-state index in [1.54, 1.807) is 0 Å². The van der Waals surface area contributed by atoms with Crippen molar-refractivity contribution in [1.29, 1.82) is 0 Å². The summed E-state index contributed by atoms with van der Waals surface area (Å²) < 4.78 is 61.1. The summed E-state index contributed by atoms with van der Waals surface area (Å²) in [6.07, 6.45) is 3.00. The zero-order chi connectivity index (χ0) is 11.7. The monoisotopic (exact) mass is 244 g/mol. The van der Waals surface area contributed by atoms with Gasteiger partial charge in [0, 0.05) is 6.42 Å². The Kier molecular flexibility index (Phi) is 3.32. The van der Waals surface area contributed by atoms with Gasteiger partial charge in [-0.15, -0.1) is 0 Å². The molecule has 0 heterocycles. The number of halogens is 3. The zero-order valence-corrected chi connectivity index (χ0v) is 8.86. The molecule has 0 aromatic rings. The molecule has 0 spiro atoms. The van der Waals surface area contributed by atoms with Crippen LogP contribution in [-0.2, 0) is 14.3 Å². The van der Waals surface area contributed by atoms with Gasteiger partial charge in [-0.25, -0.2) is 0 Å². The van der Waals surface area contributed by atoms with Crippen molar-refractivity contribution >= 4 is 10.1 Å². The number of hydrogen-bond donors (Lipinski definition) is 0. The van der Waals surface area contributed by atoms with Crippen LogP contribution in [0.2, 0.25) is 0 Å². The van der Waals surface area contributed by atoms with Crippen molar-refractivity contribution in [3.8, 4) is 0 Å². The molecule has 0 unspecified atom stereocenters. The van der Waals surface area contributed by atoms with E-state index < -0.39 is 15.6 Å². The highest BCUT2D eigenvalue weighted by Gasteiger charge is 2.48. The Morgan fingerprint density at radius 1 is 1.47 bits per heavy atom. The van der Waals surface area contributed by atoms with Crippen LogP contribution in [-0.4, -0.2) is 13.9 Å². The van der Waals surface area contributed by atoms with Gasteiger partial charge >= 0.3 is 15.6 Å². The Morgan fingerprint density at radius 3 is 2.53 bits per heavy atom. The maximum atomic E-state index is 11.9. The number of hydrogen-bond acceptors (Lipinski definition) is 3. The molecule has 0 saturated carbocycles. The molecule has 0 aliphatic heterocycles. The summed E-state index contributed by atoms with van der Waals surface area (Å²) in [6.45, 7) is 1.83. The molecule has 0 bridgehead atoms. The van der Waals surface area contributed by atoms with E-state index in [0.29, 0.717) is 6.42 Å². The van der Waals surface area contributed by atoms with Crippen molar-refractivity contribution in [2.24, 2.45) is 5.92 Å². The van der Waals surface area contributed by atoms with Crippen molar-refractivity contribution in [3.63, 3.8) is 0 Å². The SMILES string of the molecule is C[C@@H]1CCC=C(OS(=O)(=O)C(F)(F)F)C1. The van der Waals surface area contributed by atoms with Crippen molar-refractivity contribution in [3.05, 3.63) is 11.8 Å². The number of rotatable bonds is 2. The van der Waals surface area contributed by atoms with Crippen LogP contribution >= 0.6 is 0 Å². The van der Waals surface area contributed by atoms with Gasteiger partial charge in [0.25, 0.3) is 0 Å².